The average molecular weight is 868 g/mol. The van der Waals surface area contributed by atoms with Gasteiger partial charge >= 0.3 is 0 Å². The van der Waals surface area contributed by atoms with Crippen LogP contribution in [0.3, 0.4) is 0 Å². The molecule has 9 heteroatoms. The van der Waals surface area contributed by atoms with E-state index in [9.17, 15) is 0 Å². The molecule has 0 amide bonds. The van der Waals surface area contributed by atoms with Crippen LogP contribution in [0.15, 0.2) is 152 Å². The lowest BCUT2D eigenvalue weighted by Crippen LogP contribution is -2.48. The van der Waals surface area contributed by atoms with E-state index in [0.29, 0.717) is 0 Å². The Morgan fingerprint density at radius 1 is 0.587 bits per heavy atom. The molecule has 8 bridgehead atoms. The van der Waals surface area contributed by atoms with Gasteiger partial charge in [0.1, 0.15) is 11.5 Å². The minimum atomic E-state index is -0.794. The summed E-state index contributed by atoms with van der Waals surface area (Å²) < 4.78 is 12.6. The number of fused-ring (bicyclic) bond motifs is 4. The third-order valence-corrected chi connectivity index (χ3v) is 12.1. The molecule has 2 atom stereocenters. The SMILES string of the molecule is CCCCCCCCCCCCOc1ccc(C2=C3C=CC(=N3)C=C3C=CC(=N3)C(c3ccc(OC(C)(N)C(C)CCCCN(C)C)cc3)=C3C=CC(=N3)C=C3C=CC2=N3)cc1.Cl. The van der Waals surface area contributed by atoms with E-state index in [0.717, 1.165) is 118 Å². The minimum Gasteiger partial charge on any atom is -0.494 e. The largest absolute Gasteiger partial charge is 0.494 e. The lowest BCUT2D eigenvalue weighted by atomic mass is 9.93. The van der Waals surface area contributed by atoms with Gasteiger partial charge in [-0.2, -0.15) is 0 Å². The summed E-state index contributed by atoms with van der Waals surface area (Å²) in [5.41, 5.74) is 16.6. The first kappa shape index (κ1) is 47.3. The van der Waals surface area contributed by atoms with Gasteiger partial charge in [-0.05, 0) is 143 Å². The van der Waals surface area contributed by atoms with Crippen LogP contribution in [-0.4, -0.2) is 60.7 Å². The summed E-state index contributed by atoms with van der Waals surface area (Å²) >= 11 is 0. The summed E-state index contributed by atoms with van der Waals surface area (Å²) in [6, 6.07) is 16.5. The first-order chi connectivity index (χ1) is 30.1. The zero-order valence-electron chi connectivity index (χ0n) is 38.1. The van der Waals surface area contributed by atoms with Crippen molar-refractivity contribution in [3.63, 3.8) is 0 Å². The zero-order valence-corrected chi connectivity index (χ0v) is 38.9. The van der Waals surface area contributed by atoms with Crippen molar-refractivity contribution in [2.45, 2.75) is 110 Å². The van der Waals surface area contributed by atoms with Crippen LogP contribution in [0.5, 0.6) is 11.5 Å². The topological polar surface area (TPSA) is 97.2 Å². The molecule has 332 valence electrons. The van der Waals surface area contributed by atoms with Gasteiger partial charge in [-0.15, -0.1) is 12.4 Å². The van der Waals surface area contributed by atoms with Crippen molar-refractivity contribution in [3.05, 3.63) is 143 Å². The van der Waals surface area contributed by atoms with Crippen LogP contribution in [0.25, 0.3) is 11.1 Å². The third-order valence-electron chi connectivity index (χ3n) is 12.1. The number of ether oxygens (including phenoxy) is 2. The molecule has 0 saturated carbocycles. The van der Waals surface area contributed by atoms with E-state index in [1.54, 1.807) is 0 Å². The number of nitrogens with zero attached hydrogens (tertiary/aromatic N) is 5. The maximum atomic E-state index is 6.75. The van der Waals surface area contributed by atoms with E-state index in [2.05, 4.69) is 93.5 Å². The van der Waals surface area contributed by atoms with E-state index in [1.807, 2.05) is 55.5 Å². The number of hydrogen-bond donors (Lipinski definition) is 1. The highest BCUT2D eigenvalue weighted by Crippen LogP contribution is 2.34. The molecule has 0 saturated heterocycles. The second-order valence-corrected chi connectivity index (χ2v) is 17.6. The summed E-state index contributed by atoms with van der Waals surface area (Å²) in [7, 11) is 4.22. The van der Waals surface area contributed by atoms with Crippen LogP contribution in [0, 0.1) is 5.92 Å². The van der Waals surface area contributed by atoms with Crippen LogP contribution >= 0.6 is 12.4 Å². The van der Waals surface area contributed by atoms with Crippen molar-refractivity contribution in [2.24, 2.45) is 31.6 Å². The summed E-state index contributed by atoms with van der Waals surface area (Å²) in [5, 5.41) is 0. The predicted octanol–water partition coefficient (Wildman–Crippen LogP) is 12.8. The van der Waals surface area contributed by atoms with Crippen LogP contribution in [-0.2, 0) is 0 Å². The molecule has 2 unspecified atom stereocenters. The molecule has 8 nitrogen and oxygen atoms in total. The normalized spacial score (nSPS) is 17.6. The zero-order chi connectivity index (χ0) is 43.3. The molecule has 5 aliphatic heterocycles. The highest BCUT2D eigenvalue weighted by atomic mass is 35.5. The van der Waals surface area contributed by atoms with Gasteiger partial charge in [-0.3, -0.25) is 5.73 Å². The monoisotopic (exact) mass is 867 g/mol. The van der Waals surface area contributed by atoms with E-state index in [-0.39, 0.29) is 18.3 Å². The van der Waals surface area contributed by atoms with Crippen LogP contribution in [0.4, 0.5) is 0 Å². The molecular weight excluding hydrogens is 800 g/mol. The quantitative estimate of drug-likeness (QED) is 0.0941. The molecule has 0 aliphatic carbocycles. The maximum absolute atomic E-state index is 6.75. The van der Waals surface area contributed by atoms with Crippen molar-refractivity contribution in [3.8, 4) is 11.5 Å². The van der Waals surface area contributed by atoms with E-state index in [1.165, 1.54) is 57.8 Å². The third kappa shape index (κ3) is 13.2. The fraction of sp³-hybridized carbons (Fsp3) is 0.407. The lowest BCUT2D eigenvalue weighted by Gasteiger charge is -2.32. The Morgan fingerprint density at radius 3 is 1.59 bits per heavy atom. The Balaban J connectivity index is 0.00000661. The van der Waals surface area contributed by atoms with Gasteiger partial charge in [0.25, 0.3) is 0 Å². The lowest BCUT2D eigenvalue weighted by molar-refractivity contribution is 0.0342. The minimum absolute atomic E-state index is 0. The average Bonchev–Trinajstić information content (AvgIpc) is 4.10. The molecule has 7 rings (SSSR count). The second kappa shape index (κ2) is 23.0. The number of unbranched alkanes of at least 4 members (excludes halogenated alkanes) is 10. The van der Waals surface area contributed by atoms with E-state index < -0.39 is 5.72 Å². The number of rotatable bonds is 22. The fourth-order valence-electron chi connectivity index (χ4n) is 8.25. The number of benzene rings is 2. The molecule has 2 aromatic rings. The summed E-state index contributed by atoms with van der Waals surface area (Å²) in [6.45, 7) is 8.24. The smallest absolute Gasteiger partial charge is 0.158 e. The van der Waals surface area contributed by atoms with Crippen molar-refractivity contribution >= 4 is 46.4 Å². The molecular formula is C54H67ClN6O2. The number of halogens is 1. The van der Waals surface area contributed by atoms with Gasteiger partial charge in [0.15, 0.2) is 5.72 Å². The Labute approximate surface area is 382 Å². The Kier molecular flexibility index (Phi) is 17.3. The second-order valence-electron chi connectivity index (χ2n) is 17.6. The molecule has 63 heavy (non-hydrogen) atoms. The van der Waals surface area contributed by atoms with Gasteiger partial charge in [0, 0.05) is 17.1 Å². The summed E-state index contributed by atoms with van der Waals surface area (Å²) in [6.07, 6.45) is 36.9. The van der Waals surface area contributed by atoms with Crippen LogP contribution < -0.4 is 15.2 Å². The molecule has 2 aromatic carbocycles. The number of nitrogens with two attached hydrogens (primary N) is 1. The molecule has 5 heterocycles. The molecule has 0 radical (unpaired) electrons. The first-order valence-electron chi connectivity index (χ1n) is 23.1. The summed E-state index contributed by atoms with van der Waals surface area (Å²) in [4.78, 5) is 22.6. The highest BCUT2D eigenvalue weighted by molar-refractivity contribution is 6.34. The van der Waals surface area contributed by atoms with Crippen molar-refractivity contribution in [1.82, 2.24) is 4.90 Å². The van der Waals surface area contributed by atoms with Gasteiger partial charge in [0.2, 0.25) is 0 Å². The standard InChI is InChI=1S/C54H66N6O2.ClH/c1-6-7-8-9-10-11-12-13-14-17-36-61-46-27-19-40(20-28-46)52-48-31-23-42(56-48)37-44-25-33-50(58-44)53(51-34-26-45(59-51)38-43-24-32-49(52)57-43)41-21-29-47(30-22-41)62-54(3,55)39(2)18-15-16-35-60(4)5;/h19-34,37-39H,6-18,35-36,55H2,1-5H3;1H. The Hall–Kier alpha value is -5.15. The van der Waals surface area contributed by atoms with Crippen LogP contribution in [0.1, 0.15) is 115 Å². The van der Waals surface area contributed by atoms with Crippen LogP contribution in [0.2, 0.25) is 0 Å². The predicted molar refractivity (Wildman–Crippen MR) is 269 cm³/mol. The first-order valence-corrected chi connectivity index (χ1v) is 23.1. The molecule has 0 aromatic heterocycles. The van der Waals surface area contributed by atoms with E-state index >= 15 is 0 Å². The van der Waals surface area contributed by atoms with Crippen molar-refractivity contribution < 1.29 is 9.47 Å². The maximum Gasteiger partial charge on any atom is 0.158 e. The molecule has 5 aliphatic rings. The summed E-state index contributed by atoms with van der Waals surface area (Å²) in [5.74, 6) is 1.81. The van der Waals surface area contributed by atoms with Gasteiger partial charge < -0.3 is 14.4 Å². The van der Waals surface area contributed by atoms with E-state index in [4.69, 9.17) is 35.2 Å². The highest BCUT2D eigenvalue weighted by Gasteiger charge is 2.29. The Bertz CT molecular complexity index is 2290. The fourth-order valence-corrected chi connectivity index (χ4v) is 8.25. The van der Waals surface area contributed by atoms with Crippen molar-refractivity contribution in [2.75, 3.05) is 27.2 Å². The Morgan fingerprint density at radius 2 is 1.08 bits per heavy atom. The number of hydrogen-bond acceptors (Lipinski definition) is 8. The van der Waals surface area contributed by atoms with Crippen molar-refractivity contribution in [1.29, 1.82) is 0 Å². The molecule has 0 fully saturated rings. The van der Waals surface area contributed by atoms with Gasteiger partial charge in [-0.1, -0.05) is 102 Å². The molecule has 0 spiro atoms. The number of aliphatic imine (C=N–C) groups is 4. The molecule has 2 N–H and O–H groups in total. The van der Waals surface area contributed by atoms with Gasteiger partial charge in [0.05, 0.1) is 52.2 Å². The van der Waals surface area contributed by atoms with Gasteiger partial charge in [-0.25, -0.2) is 20.0 Å². The number of allylic oxidation sites excluding steroid dienone is 12.